The molecule has 1 amide bonds. The average molecular weight is 492 g/mol. The van der Waals surface area contributed by atoms with Gasteiger partial charge in [0.1, 0.15) is 0 Å². The van der Waals surface area contributed by atoms with Crippen LogP contribution in [0.15, 0.2) is 72.0 Å². The minimum Gasteiger partial charge on any atom is -0.454 e. The molecular weight excluding hydrogens is 470 g/mol. The number of ether oxygens (including phenoxy) is 2. The van der Waals surface area contributed by atoms with Gasteiger partial charge in [-0.05, 0) is 73.5 Å². The molecule has 0 atom stereocenters. The molecule has 0 unspecified atom stereocenters. The van der Waals surface area contributed by atoms with Gasteiger partial charge in [-0.25, -0.2) is 4.98 Å². The Morgan fingerprint density at radius 2 is 1.91 bits per heavy atom. The number of carbonyl (C=O) groups excluding carboxylic acids is 1. The number of thioether (sulfide) groups is 1. The lowest BCUT2D eigenvalue weighted by Gasteiger charge is -2.09. The molecule has 5 rings (SSSR count). The number of anilines is 1. The third kappa shape index (κ3) is 4.76. The molecule has 8 heteroatoms. The Bertz CT molecular complexity index is 1390. The van der Waals surface area contributed by atoms with Gasteiger partial charge in [0.2, 0.25) is 12.7 Å². The van der Waals surface area contributed by atoms with Crippen molar-refractivity contribution in [2.45, 2.75) is 19.0 Å². The van der Waals surface area contributed by atoms with Gasteiger partial charge in [0, 0.05) is 28.2 Å². The number of nitrogens with one attached hydrogen (secondary N) is 1. The highest BCUT2D eigenvalue weighted by Crippen LogP contribution is 2.37. The molecule has 0 bridgehead atoms. The van der Waals surface area contributed by atoms with E-state index in [0.717, 1.165) is 33.9 Å². The van der Waals surface area contributed by atoms with E-state index in [1.807, 2.05) is 85.3 Å². The maximum Gasteiger partial charge on any atom is 0.234 e. The number of imidazole rings is 1. The molecule has 6 nitrogen and oxygen atoms in total. The summed E-state index contributed by atoms with van der Waals surface area (Å²) in [7, 11) is 0. The van der Waals surface area contributed by atoms with Crippen molar-refractivity contribution in [2.75, 3.05) is 17.9 Å². The summed E-state index contributed by atoms with van der Waals surface area (Å²) < 4.78 is 12.9. The minimum absolute atomic E-state index is 0.0986. The lowest BCUT2D eigenvalue weighted by atomic mass is 10.1. The fraction of sp³-hybridized carbons (Fsp3) is 0.154. The van der Waals surface area contributed by atoms with Crippen molar-refractivity contribution in [3.63, 3.8) is 0 Å². The number of carbonyl (C=O) groups is 1. The molecule has 1 N–H and O–H groups in total. The SMILES string of the molecule is Cc1ccc(NC(=O)CSc2nc(-c3ccc4c(c3)OCO4)cn2-c2cccc(Cl)c2)cc1C. The summed E-state index contributed by atoms with van der Waals surface area (Å²) in [6.07, 6.45) is 1.94. The smallest absolute Gasteiger partial charge is 0.234 e. The fourth-order valence-electron chi connectivity index (χ4n) is 3.62. The van der Waals surface area contributed by atoms with Crippen LogP contribution in [-0.4, -0.2) is 28.0 Å². The first-order valence-electron chi connectivity index (χ1n) is 10.7. The van der Waals surface area contributed by atoms with Crippen molar-refractivity contribution in [2.24, 2.45) is 0 Å². The van der Waals surface area contributed by atoms with Gasteiger partial charge in [-0.3, -0.25) is 9.36 Å². The van der Waals surface area contributed by atoms with Gasteiger partial charge in [-0.1, -0.05) is 35.5 Å². The van der Waals surface area contributed by atoms with Crippen LogP contribution in [0.5, 0.6) is 11.5 Å². The first-order chi connectivity index (χ1) is 16.5. The van der Waals surface area contributed by atoms with Crippen LogP contribution < -0.4 is 14.8 Å². The van der Waals surface area contributed by atoms with Gasteiger partial charge in [0.05, 0.1) is 11.4 Å². The van der Waals surface area contributed by atoms with Crippen LogP contribution in [0.1, 0.15) is 11.1 Å². The predicted molar refractivity (Wildman–Crippen MR) is 135 cm³/mol. The highest BCUT2D eigenvalue weighted by molar-refractivity contribution is 7.99. The number of aromatic nitrogens is 2. The van der Waals surface area contributed by atoms with E-state index in [0.29, 0.717) is 15.9 Å². The van der Waals surface area contributed by atoms with E-state index >= 15 is 0 Å². The molecule has 0 aliphatic carbocycles. The van der Waals surface area contributed by atoms with Crippen LogP contribution in [0.2, 0.25) is 5.02 Å². The Morgan fingerprint density at radius 3 is 2.74 bits per heavy atom. The zero-order valence-electron chi connectivity index (χ0n) is 18.7. The summed E-state index contributed by atoms with van der Waals surface area (Å²) in [5.74, 6) is 1.52. The number of benzene rings is 3. The van der Waals surface area contributed by atoms with Crippen molar-refractivity contribution < 1.29 is 14.3 Å². The lowest BCUT2D eigenvalue weighted by molar-refractivity contribution is -0.113. The van der Waals surface area contributed by atoms with E-state index in [9.17, 15) is 4.79 Å². The zero-order chi connectivity index (χ0) is 23.7. The summed E-state index contributed by atoms with van der Waals surface area (Å²) >= 11 is 7.61. The van der Waals surface area contributed by atoms with E-state index in [4.69, 9.17) is 26.1 Å². The topological polar surface area (TPSA) is 65.4 Å². The summed E-state index contributed by atoms with van der Waals surface area (Å²) in [4.78, 5) is 17.5. The van der Waals surface area contributed by atoms with E-state index in [1.165, 1.54) is 17.3 Å². The monoisotopic (exact) mass is 491 g/mol. The van der Waals surface area contributed by atoms with Gasteiger partial charge >= 0.3 is 0 Å². The van der Waals surface area contributed by atoms with Crippen LogP contribution in [0.4, 0.5) is 5.69 Å². The maximum atomic E-state index is 12.7. The molecule has 0 saturated heterocycles. The molecule has 1 aliphatic rings. The Kier molecular flexibility index (Phi) is 6.22. The Balaban J connectivity index is 1.40. The molecule has 1 aromatic heterocycles. The van der Waals surface area contributed by atoms with Crippen LogP contribution in [0.25, 0.3) is 16.9 Å². The van der Waals surface area contributed by atoms with E-state index in [-0.39, 0.29) is 18.5 Å². The van der Waals surface area contributed by atoms with Gasteiger partial charge in [-0.15, -0.1) is 0 Å². The standard InChI is InChI=1S/C26H22ClN3O3S/c1-16-6-8-20(10-17(16)2)28-25(31)14-34-26-29-22(13-30(26)21-5-3-4-19(27)12-21)18-7-9-23-24(11-18)33-15-32-23/h3-13H,14-15H2,1-2H3,(H,28,31). The fourth-order valence-corrected chi connectivity index (χ4v) is 4.59. The van der Waals surface area contributed by atoms with Crippen LogP contribution in [-0.2, 0) is 4.79 Å². The molecule has 172 valence electrons. The lowest BCUT2D eigenvalue weighted by Crippen LogP contribution is -2.14. The van der Waals surface area contributed by atoms with Crippen molar-refractivity contribution >= 4 is 35.0 Å². The Morgan fingerprint density at radius 1 is 1.06 bits per heavy atom. The van der Waals surface area contributed by atoms with Gasteiger partial charge in [0.15, 0.2) is 16.7 Å². The number of amides is 1. The normalized spacial score (nSPS) is 12.1. The molecule has 1 aliphatic heterocycles. The molecule has 4 aromatic rings. The molecular formula is C26H22ClN3O3S. The average Bonchev–Trinajstić information content (AvgIpc) is 3.47. The number of aryl methyl sites for hydroxylation is 2. The van der Waals surface area contributed by atoms with E-state index < -0.39 is 0 Å². The third-order valence-corrected chi connectivity index (χ3v) is 6.74. The first-order valence-corrected chi connectivity index (χ1v) is 12.1. The summed E-state index contributed by atoms with van der Waals surface area (Å²) in [6.45, 7) is 4.29. The number of hydrogen-bond donors (Lipinski definition) is 1. The van der Waals surface area contributed by atoms with E-state index in [2.05, 4.69) is 5.32 Å². The first kappa shape index (κ1) is 22.4. The third-order valence-electron chi connectivity index (χ3n) is 5.55. The molecule has 0 saturated carbocycles. The molecule has 0 fully saturated rings. The quantitative estimate of drug-likeness (QED) is 0.322. The number of hydrogen-bond acceptors (Lipinski definition) is 5. The van der Waals surface area contributed by atoms with Crippen molar-refractivity contribution in [3.05, 3.63) is 83.0 Å². The van der Waals surface area contributed by atoms with Crippen molar-refractivity contribution in [3.8, 4) is 28.4 Å². The zero-order valence-corrected chi connectivity index (χ0v) is 20.2. The summed E-state index contributed by atoms with van der Waals surface area (Å²) in [5, 5.41) is 4.28. The van der Waals surface area contributed by atoms with Crippen molar-refractivity contribution in [1.82, 2.24) is 9.55 Å². The molecule has 3 aromatic carbocycles. The molecule has 0 radical (unpaired) electrons. The molecule has 2 heterocycles. The summed E-state index contributed by atoms with van der Waals surface area (Å²) in [6, 6.07) is 19.2. The number of fused-ring (bicyclic) bond motifs is 1. The highest BCUT2D eigenvalue weighted by atomic mass is 35.5. The second-order valence-electron chi connectivity index (χ2n) is 7.96. The van der Waals surface area contributed by atoms with Crippen molar-refractivity contribution in [1.29, 1.82) is 0 Å². The highest BCUT2D eigenvalue weighted by Gasteiger charge is 2.18. The summed E-state index contributed by atoms with van der Waals surface area (Å²) in [5.41, 5.74) is 5.63. The van der Waals surface area contributed by atoms with Gasteiger partial charge < -0.3 is 14.8 Å². The maximum absolute atomic E-state index is 12.7. The van der Waals surface area contributed by atoms with Gasteiger partial charge in [0.25, 0.3) is 0 Å². The second kappa shape index (κ2) is 9.44. The van der Waals surface area contributed by atoms with Crippen LogP contribution >= 0.6 is 23.4 Å². The number of nitrogens with zero attached hydrogens (tertiary/aromatic N) is 2. The van der Waals surface area contributed by atoms with E-state index in [1.54, 1.807) is 0 Å². The Labute approximate surface area is 206 Å². The van der Waals surface area contributed by atoms with Crippen LogP contribution in [0.3, 0.4) is 0 Å². The van der Waals surface area contributed by atoms with Crippen LogP contribution in [0, 0.1) is 13.8 Å². The minimum atomic E-state index is -0.0986. The number of halogens is 1. The molecule has 0 spiro atoms. The second-order valence-corrected chi connectivity index (χ2v) is 9.34. The largest absolute Gasteiger partial charge is 0.454 e. The number of rotatable bonds is 6. The Hall–Kier alpha value is -3.42. The van der Waals surface area contributed by atoms with Gasteiger partial charge in [-0.2, -0.15) is 0 Å². The molecule has 34 heavy (non-hydrogen) atoms. The predicted octanol–water partition coefficient (Wildman–Crippen LogP) is 6.27.